The number of thiophene rings is 1. The fraction of sp³-hybridized carbons (Fsp3) is 0.591. The molecule has 1 saturated carbocycles. The second kappa shape index (κ2) is 12.7. The smallest absolute Gasteiger partial charge is 0.191 e. The van der Waals surface area contributed by atoms with Crippen LogP contribution >= 0.6 is 35.3 Å². The fourth-order valence-corrected chi connectivity index (χ4v) is 4.96. The third-order valence-corrected chi connectivity index (χ3v) is 6.69. The molecule has 1 unspecified atom stereocenters. The van der Waals surface area contributed by atoms with E-state index in [4.69, 9.17) is 14.1 Å². The molecule has 1 aliphatic carbocycles. The Labute approximate surface area is 200 Å². The van der Waals surface area contributed by atoms with Crippen molar-refractivity contribution >= 4 is 41.3 Å². The van der Waals surface area contributed by atoms with Crippen molar-refractivity contribution in [3.8, 4) is 0 Å². The van der Waals surface area contributed by atoms with E-state index in [1.165, 1.54) is 30.6 Å². The normalized spacial score (nSPS) is 19.4. The lowest BCUT2D eigenvalue weighted by Gasteiger charge is -2.33. The summed E-state index contributed by atoms with van der Waals surface area (Å²) in [6, 6.07) is 9.17. The maximum Gasteiger partial charge on any atom is 0.191 e. The summed E-state index contributed by atoms with van der Waals surface area (Å²) in [5.41, 5.74) is 0. The van der Waals surface area contributed by atoms with E-state index in [1.807, 2.05) is 23.5 Å². The average Bonchev–Trinajstić information content (AvgIpc) is 3.53. The number of hydrogen-bond acceptors (Lipinski definition) is 5. The van der Waals surface area contributed by atoms with E-state index in [9.17, 15) is 0 Å². The molecule has 1 atom stereocenters. The quantitative estimate of drug-likeness (QED) is 0.298. The van der Waals surface area contributed by atoms with Crippen LogP contribution in [-0.4, -0.2) is 56.3 Å². The molecule has 2 aromatic rings. The molecule has 0 amide bonds. The minimum atomic E-state index is 0. The van der Waals surface area contributed by atoms with E-state index in [2.05, 4.69) is 33.0 Å². The van der Waals surface area contributed by atoms with Crippen molar-refractivity contribution < 1.29 is 9.15 Å². The Kier molecular flexibility index (Phi) is 9.96. The summed E-state index contributed by atoms with van der Waals surface area (Å²) in [4.78, 5) is 8.92. The largest absolute Gasteiger partial charge is 0.469 e. The number of nitrogens with one attached hydrogen (secondary N) is 2. The molecule has 2 N–H and O–H groups in total. The first-order valence-corrected chi connectivity index (χ1v) is 11.7. The van der Waals surface area contributed by atoms with Gasteiger partial charge in [-0.1, -0.05) is 18.9 Å². The first-order chi connectivity index (χ1) is 14.4. The maximum atomic E-state index is 5.56. The van der Waals surface area contributed by atoms with Gasteiger partial charge in [0.1, 0.15) is 5.76 Å². The molecule has 0 spiro atoms. The van der Waals surface area contributed by atoms with Crippen molar-refractivity contribution in [3.05, 3.63) is 46.5 Å². The number of ether oxygens (including phenoxy) is 1. The third-order valence-electron chi connectivity index (χ3n) is 5.72. The van der Waals surface area contributed by atoms with Gasteiger partial charge in [0.2, 0.25) is 0 Å². The van der Waals surface area contributed by atoms with Crippen molar-refractivity contribution in [3.63, 3.8) is 0 Å². The lowest BCUT2D eigenvalue weighted by Crippen LogP contribution is -2.44. The summed E-state index contributed by atoms with van der Waals surface area (Å²) in [6.07, 6.45) is 7.67. The molecule has 3 heterocycles. The zero-order valence-electron chi connectivity index (χ0n) is 17.4. The van der Waals surface area contributed by atoms with Gasteiger partial charge in [0, 0.05) is 37.0 Å². The predicted molar refractivity (Wildman–Crippen MR) is 133 cm³/mol. The Morgan fingerprint density at radius 3 is 2.73 bits per heavy atom. The molecular weight excluding hydrogens is 511 g/mol. The first kappa shape index (κ1) is 23.6. The minimum absolute atomic E-state index is 0. The van der Waals surface area contributed by atoms with Gasteiger partial charge in [-0.05, 0) is 36.4 Å². The molecule has 2 aliphatic rings. The summed E-state index contributed by atoms with van der Waals surface area (Å²) in [7, 11) is 0. The van der Waals surface area contributed by atoms with Gasteiger partial charge in [-0.15, -0.1) is 35.3 Å². The zero-order valence-corrected chi connectivity index (χ0v) is 20.6. The molecule has 6 nitrogen and oxygen atoms in total. The highest BCUT2D eigenvalue weighted by Gasteiger charge is 2.24. The SMILES string of the molecule is I.c1coc(CCNC(=NCC(c2cccs2)N2CCOCC2)NC2CCCC2)c1. The van der Waals surface area contributed by atoms with Crippen LogP contribution < -0.4 is 10.6 Å². The number of furan rings is 1. The van der Waals surface area contributed by atoms with Gasteiger partial charge in [0.15, 0.2) is 5.96 Å². The molecule has 2 aromatic heterocycles. The number of guanidine groups is 1. The number of nitrogens with zero attached hydrogens (tertiary/aromatic N) is 2. The van der Waals surface area contributed by atoms with Crippen LogP contribution in [0, 0.1) is 0 Å². The second-order valence-corrected chi connectivity index (χ2v) is 8.73. The van der Waals surface area contributed by atoms with E-state index in [-0.39, 0.29) is 24.0 Å². The number of halogens is 1. The molecule has 0 aromatic carbocycles. The molecule has 1 saturated heterocycles. The van der Waals surface area contributed by atoms with Gasteiger partial charge >= 0.3 is 0 Å². The Hall–Kier alpha value is -1.10. The van der Waals surface area contributed by atoms with Crippen molar-refractivity contribution in [2.75, 3.05) is 39.4 Å². The molecule has 166 valence electrons. The molecule has 1 aliphatic heterocycles. The summed E-state index contributed by atoms with van der Waals surface area (Å²) in [5.74, 6) is 1.93. The Morgan fingerprint density at radius 1 is 1.20 bits per heavy atom. The minimum Gasteiger partial charge on any atom is -0.469 e. The Morgan fingerprint density at radius 2 is 2.03 bits per heavy atom. The fourth-order valence-electron chi connectivity index (χ4n) is 4.11. The Balaban J connectivity index is 0.00000256. The van der Waals surface area contributed by atoms with Crippen LogP contribution in [0.4, 0.5) is 0 Å². The standard InChI is InChI=1S/C22H32N4O2S.HI/c1-2-6-18(5-1)25-22(23-10-9-19-7-3-13-28-19)24-17-20(21-8-4-16-29-21)26-11-14-27-15-12-26;/h3-4,7-8,13,16,18,20H,1-2,5-6,9-12,14-15,17H2,(H2,23,24,25);1H. The van der Waals surface area contributed by atoms with E-state index < -0.39 is 0 Å². The zero-order chi connectivity index (χ0) is 19.7. The Bertz CT molecular complexity index is 726. The van der Waals surface area contributed by atoms with Crippen LogP contribution in [0.1, 0.15) is 42.4 Å². The molecule has 2 fully saturated rings. The van der Waals surface area contributed by atoms with Crippen LogP contribution in [-0.2, 0) is 11.2 Å². The molecule has 30 heavy (non-hydrogen) atoms. The number of aliphatic imine (C=N–C) groups is 1. The van der Waals surface area contributed by atoms with Crippen LogP contribution in [0.5, 0.6) is 0 Å². The highest BCUT2D eigenvalue weighted by molar-refractivity contribution is 14.0. The second-order valence-electron chi connectivity index (χ2n) is 7.75. The van der Waals surface area contributed by atoms with E-state index in [0.717, 1.165) is 57.5 Å². The molecule has 8 heteroatoms. The number of hydrogen-bond donors (Lipinski definition) is 2. The van der Waals surface area contributed by atoms with Gasteiger partial charge in [0.05, 0.1) is 32.1 Å². The van der Waals surface area contributed by atoms with Crippen LogP contribution in [0.3, 0.4) is 0 Å². The lowest BCUT2D eigenvalue weighted by atomic mass is 10.2. The molecule has 0 radical (unpaired) electrons. The van der Waals surface area contributed by atoms with Crippen molar-refractivity contribution in [1.29, 1.82) is 0 Å². The highest BCUT2D eigenvalue weighted by atomic mass is 127. The van der Waals surface area contributed by atoms with Crippen molar-refractivity contribution in [2.24, 2.45) is 4.99 Å². The maximum absolute atomic E-state index is 5.56. The lowest BCUT2D eigenvalue weighted by molar-refractivity contribution is 0.0186. The summed E-state index contributed by atoms with van der Waals surface area (Å²) >= 11 is 1.82. The van der Waals surface area contributed by atoms with Crippen molar-refractivity contribution in [2.45, 2.75) is 44.2 Å². The molecule has 0 bridgehead atoms. The summed E-state index contributed by atoms with van der Waals surface area (Å²) in [5, 5.41) is 9.35. The monoisotopic (exact) mass is 544 g/mol. The van der Waals surface area contributed by atoms with Crippen molar-refractivity contribution in [1.82, 2.24) is 15.5 Å². The van der Waals surface area contributed by atoms with E-state index in [0.29, 0.717) is 12.1 Å². The predicted octanol–water partition coefficient (Wildman–Crippen LogP) is 4.05. The van der Waals surface area contributed by atoms with Crippen LogP contribution in [0.15, 0.2) is 45.3 Å². The van der Waals surface area contributed by atoms with E-state index >= 15 is 0 Å². The van der Waals surface area contributed by atoms with Gasteiger partial charge in [-0.25, -0.2) is 0 Å². The van der Waals surface area contributed by atoms with Gasteiger partial charge < -0.3 is 19.8 Å². The third kappa shape index (κ3) is 6.96. The molecular formula is C22H33IN4O2S. The van der Waals surface area contributed by atoms with E-state index in [1.54, 1.807) is 6.26 Å². The number of morpholine rings is 1. The first-order valence-electron chi connectivity index (χ1n) is 10.8. The van der Waals surface area contributed by atoms with Crippen LogP contribution in [0.2, 0.25) is 0 Å². The number of rotatable bonds is 8. The topological polar surface area (TPSA) is 62.0 Å². The molecule has 4 rings (SSSR count). The van der Waals surface area contributed by atoms with Gasteiger partial charge in [-0.3, -0.25) is 9.89 Å². The summed E-state index contributed by atoms with van der Waals surface area (Å²) in [6.45, 7) is 5.11. The highest BCUT2D eigenvalue weighted by Crippen LogP contribution is 2.26. The van der Waals surface area contributed by atoms with Gasteiger partial charge in [0.25, 0.3) is 0 Å². The summed E-state index contributed by atoms with van der Waals surface area (Å²) < 4.78 is 11.0. The average molecular weight is 545 g/mol. The van der Waals surface area contributed by atoms with Gasteiger partial charge in [-0.2, -0.15) is 0 Å². The van der Waals surface area contributed by atoms with Crippen LogP contribution in [0.25, 0.3) is 0 Å².